The first-order valence-corrected chi connectivity index (χ1v) is 9.04. The van der Waals surface area contributed by atoms with Crippen molar-refractivity contribution in [1.82, 2.24) is 14.8 Å². The Balaban J connectivity index is 1.87. The van der Waals surface area contributed by atoms with Crippen LogP contribution < -0.4 is 4.72 Å². The fourth-order valence-corrected chi connectivity index (χ4v) is 3.89. The summed E-state index contributed by atoms with van der Waals surface area (Å²) in [5, 5.41) is 15.3. The van der Waals surface area contributed by atoms with Gasteiger partial charge in [0, 0.05) is 30.7 Å². The third kappa shape index (κ3) is 3.70. The standard InChI is InChI=1S/C16H15N5O4S/c1-12-3-2-4-14(21(22)23)16(12)26(24,25)19-15-7-10-20(18-15)11-13-5-8-17-9-6-13/h2-10H,11H2,1H3,(H,18,19). The molecule has 1 aromatic carbocycles. The van der Waals surface area contributed by atoms with Crippen molar-refractivity contribution >= 4 is 21.5 Å². The van der Waals surface area contributed by atoms with Crippen LogP contribution in [0.15, 0.2) is 59.9 Å². The molecule has 0 fully saturated rings. The summed E-state index contributed by atoms with van der Waals surface area (Å²) in [6, 6.07) is 9.23. The minimum atomic E-state index is -4.16. The lowest BCUT2D eigenvalue weighted by Crippen LogP contribution is -2.16. The van der Waals surface area contributed by atoms with E-state index in [1.807, 2.05) is 12.1 Å². The van der Waals surface area contributed by atoms with Gasteiger partial charge in [0.1, 0.15) is 0 Å². The molecule has 1 N–H and O–H groups in total. The highest BCUT2D eigenvalue weighted by atomic mass is 32.2. The second-order valence-electron chi connectivity index (χ2n) is 5.54. The summed E-state index contributed by atoms with van der Waals surface area (Å²) in [4.78, 5) is 14.0. The molecule has 0 aliphatic rings. The van der Waals surface area contributed by atoms with Gasteiger partial charge in [0.25, 0.3) is 15.7 Å². The highest BCUT2D eigenvalue weighted by Crippen LogP contribution is 2.28. The molecule has 10 heteroatoms. The van der Waals surface area contributed by atoms with E-state index in [1.165, 1.54) is 25.1 Å². The number of anilines is 1. The van der Waals surface area contributed by atoms with Crippen molar-refractivity contribution in [3.8, 4) is 0 Å². The number of nitrogens with one attached hydrogen (secondary N) is 1. The molecule has 9 nitrogen and oxygen atoms in total. The summed E-state index contributed by atoms with van der Waals surface area (Å²) >= 11 is 0. The second-order valence-corrected chi connectivity index (χ2v) is 7.16. The molecule has 0 saturated carbocycles. The molecule has 0 unspecified atom stereocenters. The lowest BCUT2D eigenvalue weighted by Gasteiger charge is -2.09. The van der Waals surface area contributed by atoms with Gasteiger partial charge >= 0.3 is 0 Å². The van der Waals surface area contributed by atoms with Crippen LogP contribution in [0, 0.1) is 17.0 Å². The van der Waals surface area contributed by atoms with E-state index in [4.69, 9.17) is 0 Å². The summed E-state index contributed by atoms with van der Waals surface area (Å²) in [7, 11) is -4.16. The molecule has 2 aromatic heterocycles. The molecule has 0 amide bonds. The smallest absolute Gasteiger partial charge is 0.266 e. The molecule has 26 heavy (non-hydrogen) atoms. The van der Waals surface area contributed by atoms with Crippen LogP contribution in [0.5, 0.6) is 0 Å². The van der Waals surface area contributed by atoms with Gasteiger partial charge in [0.05, 0.1) is 11.5 Å². The molecule has 0 bridgehead atoms. The molecular weight excluding hydrogens is 358 g/mol. The summed E-state index contributed by atoms with van der Waals surface area (Å²) in [5.74, 6) is 0.0802. The van der Waals surface area contributed by atoms with Crippen molar-refractivity contribution in [1.29, 1.82) is 0 Å². The third-order valence-electron chi connectivity index (χ3n) is 3.63. The van der Waals surface area contributed by atoms with Crippen LogP contribution in [0.3, 0.4) is 0 Å². The van der Waals surface area contributed by atoms with E-state index in [0.717, 1.165) is 11.6 Å². The van der Waals surface area contributed by atoms with Gasteiger partial charge in [0.2, 0.25) is 0 Å². The molecule has 0 radical (unpaired) electrons. The van der Waals surface area contributed by atoms with Gasteiger partial charge in [-0.1, -0.05) is 12.1 Å². The number of sulfonamides is 1. The van der Waals surface area contributed by atoms with Crippen LogP contribution >= 0.6 is 0 Å². The maximum atomic E-state index is 12.6. The van der Waals surface area contributed by atoms with Crippen molar-refractivity contribution in [3.63, 3.8) is 0 Å². The number of hydrogen-bond acceptors (Lipinski definition) is 6. The lowest BCUT2D eigenvalue weighted by atomic mass is 10.2. The van der Waals surface area contributed by atoms with Crippen molar-refractivity contribution < 1.29 is 13.3 Å². The molecular formula is C16H15N5O4S. The van der Waals surface area contributed by atoms with Gasteiger partial charge in [-0.25, -0.2) is 8.42 Å². The van der Waals surface area contributed by atoms with Crippen LogP contribution in [0.25, 0.3) is 0 Å². The summed E-state index contributed by atoms with van der Waals surface area (Å²) in [6.45, 7) is 1.94. The molecule has 0 atom stereocenters. The molecule has 3 rings (SSSR count). The molecule has 134 valence electrons. The average molecular weight is 373 g/mol. The minimum absolute atomic E-state index is 0.0802. The van der Waals surface area contributed by atoms with Gasteiger partial charge in [-0.3, -0.25) is 24.5 Å². The highest BCUT2D eigenvalue weighted by Gasteiger charge is 2.28. The number of rotatable bonds is 6. The number of aromatic nitrogens is 3. The first kappa shape index (κ1) is 17.5. The molecule has 0 aliphatic carbocycles. The number of nitro groups is 1. The highest BCUT2D eigenvalue weighted by molar-refractivity contribution is 7.93. The van der Waals surface area contributed by atoms with E-state index in [9.17, 15) is 18.5 Å². The number of nitrogens with zero attached hydrogens (tertiary/aromatic N) is 4. The van der Waals surface area contributed by atoms with Gasteiger partial charge in [0.15, 0.2) is 10.7 Å². The van der Waals surface area contributed by atoms with Crippen LogP contribution in [0.2, 0.25) is 0 Å². The van der Waals surface area contributed by atoms with Gasteiger partial charge in [-0.15, -0.1) is 0 Å². The Morgan fingerprint density at radius 2 is 1.92 bits per heavy atom. The van der Waals surface area contributed by atoms with E-state index in [0.29, 0.717) is 6.54 Å². The quantitative estimate of drug-likeness (QED) is 0.523. The van der Waals surface area contributed by atoms with Crippen molar-refractivity contribution in [2.75, 3.05) is 4.72 Å². The molecule has 0 aliphatic heterocycles. The zero-order chi connectivity index (χ0) is 18.7. The largest absolute Gasteiger partial charge is 0.290 e. The maximum Gasteiger partial charge on any atom is 0.290 e. The molecule has 2 heterocycles. The summed E-state index contributed by atoms with van der Waals surface area (Å²) in [6.07, 6.45) is 4.92. The zero-order valence-electron chi connectivity index (χ0n) is 13.7. The Labute approximate surface area is 149 Å². The monoisotopic (exact) mass is 373 g/mol. The summed E-state index contributed by atoms with van der Waals surface area (Å²) in [5.41, 5.74) is 0.753. The first-order chi connectivity index (χ1) is 12.4. The molecule has 0 saturated heterocycles. The van der Waals surface area contributed by atoms with Gasteiger partial charge in [-0.2, -0.15) is 5.10 Å². The lowest BCUT2D eigenvalue weighted by molar-refractivity contribution is -0.387. The maximum absolute atomic E-state index is 12.6. The van der Waals surface area contributed by atoms with Crippen molar-refractivity contribution in [2.45, 2.75) is 18.4 Å². The van der Waals surface area contributed by atoms with E-state index < -0.39 is 20.6 Å². The zero-order valence-corrected chi connectivity index (χ0v) is 14.5. The van der Waals surface area contributed by atoms with Crippen molar-refractivity contribution in [2.24, 2.45) is 0 Å². The Morgan fingerprint density at radius 1 is 1.19 bits per heavy atom. The Kier molecular flexibility index (Phi) is 4.67. The SMILES string of the molecule is Cc1cccc([N+](=O)[O-])c1S(=O)(=O)Nc1ccn(Cc2ccncc2)n1. The summed E-state index contributed by atoms with van der Waals surface area (Å²) < 4.78 is 29.1. The van der Waals surface area contributed by atoms with Crippen LogP contribution in [-0.4, -0.2) is 28.1 Å². The molecule has 0 spiro atoms. The Morgan fingerprint density at radius 3 is 2.62 bits per heavy atom. The van der Waals surface area contributed by atoms with Crippen LogP contribution in [0.4, 0.5) is 11.5 Å². The van der Waals surface area contributed by atoms with Crippen LogP contribution in [0.1, 0.15) is 11.1 Å². The molecule has 3 aromatic rings. The van der Waals surface area contributed by atoms with Crippen molar-refractivity contribution in [3.05, 3.63) is 76.2 Å². The second kappa shape index (κ2) is 6.92. The predicted molar refractivity (Wildman–Crippen MR) is 94.2 cm³/mol. The number of pyridine rings is 1. The fourth-order valence-electron chi connectivity index (χ4n) is 2.50. The fraction of sp³-hybridized carbons (Fsp3) is 0.125. The van der Waals surface area contributed by atoms with E-state index in [-0.39, 0.29) is 16.3 Å². The number of benzene rings is 1. The van der Waals surface area contributed by atoms with Gasteiger partial charge in [-0.05, 0) is 30.2 Å². The topological polar surface area (TPSA) is 120 Å². The number of nitro benzene ring substituents is 1. The number of hydrogen-bond donors (Lipinski definition) is 1. The Hall–Kier alpha value is -3.27. The number of aryl methyl sites for hydroxylation is 1. The normalized spacial score (nSPS) is 11.3. The predicted octanol–water partition coefficient (Wildman–Crippen LogP) is 2.34. The minimum Gasteiger partial charge on any atom is -0.266 e. The van der Waals surface area contributed by atoms with E-state index in [1.54, 1.807) is 23.3 Å². The Bertz CT molecular complexity index is 1050. The van der Waals surface area contributed by atoms with E-state index >= 15 is 0 Å². The van der Waals surface area contributed by atoms with E-state index in [2.05, 4.69) is 14.8 Å². The van der Waals surface area contributed by atoms with Crippen LogP contribution in [-0.2, 0) is 16.6 Å². The average Bonchev–Trinajstić information content (AvgIpc) is 3.01. The third-order valence-corrected chi connectivity index (χ3v) is 5.18. The van der Waals surface area contributed by atoms with Gasteiger partial charge < -0.3 is 0 Å². The first-order valence-electron chi connectivity index (χ1n) is 7.56.